The van der Waals surface area contributed by atoms with Gasteiger partial charge in [0.2, 0.25) is 0 Å². The van der Waals surface area contributed by atoms with Crippen LogP contribution in [0.2, 0.25) is 0 Å². The molecule has 0 radical (unpaired) electrons. The molecule has 8 heteroatoms. The molecule has 0 saturated carbocycles. The average molecular weight is 512 g/mol. The monoisotopic (exact) mass is 511 g/mol. The van der Waals surface area contributed by atoms with Crippen LogP contribution in [0.15, 0.2) is 89.6 Å². The smallest absolute Gasteiger partial charge is 0.410 e. The Morgan fingerprint density at radius 1 is 1.03 bits per heavy atom. The van der Waals surface area contributed by atoms with Crippen LogP contribution >= 0.6 is 19.4 Å². The first-order valence-corrected chi connectivity index (χ1v) is 14.2. The Morgan fingerprint density at radius 3 is 2.46 bits per heavy atom. The Hall–Kier alpha value is -2.57. The van der Waals surface area contributed by atoms with Gasteiger partial charge in [-0.05, 0) is 42.3 Å². The fraction of sp³-hybridized carbons (Fsp3) is 0.296. The summed E-state index contributed by atoms with van der Waals surface area (Å²) in [6.45, 7) is 4.79. The van der Waals surface area contributed by atoms with Crippen molar-refractivity contribution in [3.05, 3.63) is 90.3 Å². The van der Waals surface area contributed by atoms with Crippen molar-refractivity contribution in [2.75, 3.05) is 26.4 Å². The Kier molecular flexibility index (Phi) is 8.69. The number of amides is 1. The number of hydrogen-bond donors (Lipinski definition) is 0. The molecule has 1 aliphatic heterocycles. The summed E-state index contributed by atoms with van der Waals surface area (Å²) in [6.07, 6.45) is 1.50. The molecule has 0 aromatic heterocycles. The summed E-state index contributed by atoms with van der Waals surface area (Å²) in [6, 6.07) is 24.2. The SMILES string of the molecule is CCOP(=O)(/C=C/C(CN1C(=O)OCC1Sc1ccccc1)c1cccc2ccccc12)OCC. The number of benzene rings is 3. The topological polar surface area (TPSA) is 65.1 Å². The predicted molar refractivity (Wildman–Crippen MR) is 141 cm³/mol. The van der Waals surface area contributed by atoms with Crippen LogP contribution in [0, 0.1) is 0 Å². The Balaban J connectivity index is 1.69. The lowest BCUT2D eigenvalue weighted by molar-refractivity contribution is 0.157. The summed E-state index contributed by atoms with van der Waals surface area (Å²) >= 11 is 1.60. The van der Waals surface area contributed by atoms with Crippen molar-refractivity contribution in [3.8, 4) is 0 Å². The van der Waals surface area contributed by atoms with Gasteiger partial charge in [-0.1, -0.05) is 78.5 Å². The fourth-order valence-corrected chi connectivity index (χ4v) is 6.57. The van der Waals surface area contributed by atoms with Crippen molar-refractivity contribution < 1.29 is 23.1 Å². The number of carbonyl (C=O) groups is 1. The van der Waals surface area contributed by atoms with Gasteiger partial charge in [0, 0.05) is 23.2 Å². The summed E-state index contributed by atoms with van der Waals surface area (Å²) in [4.78, 5) is 15.6. The molecule has 0 N–H and O–H groups in total. The number of thioether (sulfide) groups is 1. The van der Waals surface area contributed by atoms with Gasteiger partial charge in [0.1, 0.15) is 12.0 Å². The largest absolute Gasteiger partial charge is 0.446 e. The molecule has 35 heavy (non-hydrogen) atoms. The third-order valence-corrected chi connectivity index (χ3v) is 8.66. The maximum absolute atomic E-state index is 13.2. The van der Waals surface area contributed by atoms with Crippen molar-refractivity contribution in [3.63, 3.8) is 0 Å². The Morgan fingerprint density at radius 2 is 1.71 bits per heavy atom. The van der Waals surface area contributed by atoms with Crippen LogP contribution < -0.4 is 0 Å². The molecular formula is C27H30NO5PS. The molecule has 1 saturated heterocycles. The molecule has 3 aromatic carbocycles. The van der Waals surface area contributed by atoms with E-state index in [1.807, 2.05) is 60.7 Å². The van der Waals surface area contributed by atoms with Crippen LogP contribution in [-0.2, 0) is 18.3 Å². The van der Waals surface area contributed by atoms with E-state index in [-0.39, 0.29) is 30.6 Å². The molecule has 1 aliphatic rings. The molecule has 184 valence electrons. The lowest BCUT2D eigenvalue weighted by atomic mass is 9.93. The quantitative estimate of drug-likeness (QED) is 0.252. The van der Waals surface area contributed by atoms with E-state index in [1.54, 1.807) is 30.5 Å². The van der Waals surface area contributed by atoms with Crippen molar-refractivity contribution in [1.29, 1.82) is 0 Å². The Labute approximate surface area is 210 Å². The van der Waals surface area contributed by atoms with Gasteiger partial charge in [0.25, 0.3) is 0 Å². The zero-order valence-electron chi connectivity index (χ0n) is 19.9. The molecule has 2 atom stereocenters. The highest BCUT2D eigenvalue weighted by Crippen LogP contribution is 2.50. The normalized spacial score (nSPS) is 17.3. The van der Waals surface area contributed by atoms with Crippen LogP contribution in [0.3, 0.4) is 0 Å². The molecule has 3 aromatic rings. The van der Waals surface area contributed by atoms with Crippen LogP contribution in [-0.4, -0.2) is 42.7 Å². The van der Waals surface area contributed by atoms with Crippen LogP contribution in [0.5, 0.6) is 0 Å². The first kappa shape index (κ1) is 25.5. The fourth-order valence-electron chi connectivity index (χ4n) is 4.12. The molecule has 0 aliphatic carbocycles. The summed E-state index contributed by atoms with van der Waals surface area (Å²) in [5.74, 6) is 1.28. The second-order valence-electron chi connectivity index (χ2n) is 8.01. The van der Waals surface area contributed by atoms with Gasteiger partial charge in [0.15, 0.2) is 0 Å². The molecule has 0 spiro atoms. The second-order valence-corrected chi connectivity index (χ2v) is 11.2. The van der Waals surface area contributed by atoms with E-state index in [0.29, 0.717) is 13.2 Å². The number of ether oxygens (including phenoxy) is 1. The van der Waals surface area contributed by atoms with E-state index in [2.05, 4.69) is 18.2 Å². The second kappa shape index (κ2) is 11.9. The first-order chi connectivity index (χ1) is 17.0. The lowest BCUT2D eigenvalue weighted by Crippen LogP contribution is -2.34. The van der Waals surface area contributed by atoms with Gasteiger partial charge in [-0.25, -0.2) is 4.79 Å². The number of fused-ring (bicyclic) bond motifs is 1. The lowest BCUT2D eigenvalue weighted by Gasteiger charge is -2.26. The zero-order valence-corrected chi connectivity index (χ0v) is 21.6. The average Bonchev–Trinajstić information content (AvgIpc) is 3.21. The van der Waals surface area contributed by atoms with E-state index in [9.17, 15) is 9.36 Å². The minimum atomic E-state index is -3.40. The number of nitrogens with zero attached hydrogens (tertiary/aromatic N) is 1. The van der Waals surface area contributed by atoms with Crippen molar-refractivity contribution in [2.24, 2.45) is 0 Å². The molecule has 6 nitrogen and oxygen atoms in total. The Bertz CT molecular complexity index is 1200. The van der Waals surface area contributed by atoms with Crippen molar-refractivity contribution in [1.82, 2.24) is 4.90 Å². The van der Waals surface area contributed by atoms with E-state index < -0.39 is 7.60 Å². The van der Waals surface area contributed by atoms with E-state index in [1.165, 1.54) is 5.82 Å². The third kappa shape index (κ3) is 6.36. The van der Waals surface area contributed by atoms with Gasteiger partial charge >= 0.3 is 13.7 Å². The van der Waals surface area contributed by atoms with E-state index in [0.717, 1.165) is 21.2 Å². The van der Waals surface area contributed by atoms with Crippen LogP contribution in [0.1, 0.15) is 25.3 Å². The van der Waals surface area contributed by atoms with Crippen molar-refractivity contribution >= 4 is 36.2 Å². The van der Waals surface area contributed by atoms with Gasteiger partial charge in [0.05, 0.1) is 13.2 Å². The standard InChI is InChI=1S/C27H30NO5PS/c1-3-32-34(30,33-4-2)18-17-22(25-16-10-12-21-11-8-9-15-24(21)25)19-28-26(20-31-27(28)29)35-23-13-6-5-7-14-23/h5-18,22,26H,3-4,19-20H2,1-2H3/b18-17+. The molecule has 4 rings (SSSR count). The summed E-state index contributed by atoms with van der Waals surface area (Å²) in [5, 5.41) is 2.01. The van der Waals surface area contributed by atoms with Gasteiger partial charge in [-0.15, -0.1) is 0 Å². The highest BCUT2D eigenvalue weighted by atomic mass is 32.2. The van der Waals surface area contributed by atoms with Gasteiger partial charge < -0.3 is 13.8 Å². The predicted octanol–water partition coefficient (Wildman–Crippen LogP) is 7.27. The minimum Gasteiger partial charge on any atom is -0.446 e. The van der Waals surface area contributed by atoms with E-state index in [4.69, 9.17) is 13.8 Å². The van der Waals surface area contributed by atoms with Crippen LogP contribution in [0.25, 0.3) is 10.8 Å². The summed E-state index contributed by atoms with van der Waals surface area (Å²) in [5.41, 5.74) is 1.03. The van der Waals surface area contributed by atoms with E-state index >= 15 is 0 Å². The van der Waals surface area contributed by atoms with Crippen molar-refractivity contribution in [2.45, 2.75) is 30.0 Å². The molecule has 1 amide bonds. The third-order valence-electron chi connectivity index (χ3n) is 5.68. The molecular weight excluding hydrogens is 481 g/mol. The highest BCUT2D eigenvalue weighted by Gasteiger charge is 2.35. The maximum atomic E-state index is 13.2. The number of carbonyl (C=O) groups excluding carboxylic acids is 1. The van der Waals surface area contributed by atoms with Gasteiger partial charge in [-0.2, -0.15) is 0 Å². The number of hydrogen-bond acceptors (Lipinski definition) is 6. The zero-order chi connectivity index (χ0) is 24.7. The molecule has 1 fully saturated rings. The molecule has 2 unspecified atom stereocenters. The van der Waals surface area contributed by atoms with Gasteiger partial charge in [-0.3, -0.25) is 9.46 Å². The minimum absolute atomic E-state index is 0.165. The first-order valence-electron chi connectivity index (χ1n) is 11.7. The maximum Gasteiger partial charge on any atom is 0.410 e. The highest BCUT2D eigenvalue weighted by molar-refractivity contribution is 8.00. The van der Waals surface area contributed by atoms with Crippen LogP contribution in [0.4, 0.5) is 4.79 Å². The molecule has 0 bridgehead atoms. The summed E-state index contributed by atoms with van der Waals surface area (Å²) in [7, 11) is -3.40. The summed E-state index contributed by atoms with van der Waals surface area (Å²) < 4.78 is 29.6. The number of cyclic esters (lactones) is 1. The molecule has 1 heterocycles. The number of rotatable bonds is 11.